The number of anilines is 1. The standard InChI is InChI=1S/C25H28N4O4/c30-23-9-8-22(24(31)27-23)29-16-20-19(25(29)32)2-1-3-21(20)26-14-17-4-6-18(7-5-17)15-28-10-12-33-13-11-28/h1-7,22,26H,8-16H2,(H,27,30,31)/i1D,2D,3D,4D,5D,6D,7D,8D2,9D2,22D. The molecule has 0 aromatic heterocycles. The number of carbonyl (C=O) groups excluding carboxylic acids is 3. The molecule has 3 amide bonds. The van der Waals surface area contributed by atoms with Gasteiger partial charge in [0, 0.05) is 61.4 Å². The normalized spacial score (nSPS) is 31.6. The molecule has 8 heteroatoms. The van der Waals surface area contributed by atoms with Crippen molar-refractivity contribution in [2.45, 2.75) is 38.4 Å². The van der Waals surface area contributed by atoms with Gasteiger partial charge in [-0.3, -0.25) is 24.6 Å². The number of piperidine rings is 1. The summed E-state index contributed by atoms with van der Waals surface area (Å²) in [6.45, 7) is 1.01. The number of morpholine rings is 1. The Bertz CT molecular complexity index is 1620. The summed E-state index contributed by atoms with van der Waals surface area (Å²) in [4.78, 5) is 40.8. The van der Waals surface area contributed by atoms with E-state index < -0.39 is 73.3 Å². The van der Waals surface area contributed by atoms with Crippen molar-refractivity contribution < 1.29 is 35.6 Å². The molecule has 3 aliphatic rings. The van der Waals surface area contributed by atoms with Crippen LogP contribution in [-0.2, 0) is 34.0 Å². The number of nitrogens with one attached hydrogen (secondary N) is 2. The number of hydrogen-bond acceptors (Lipinski definition) is 6. The second-order valence-corrected chi connectivity index (χ2v) is 7.58. The van der Waals surface area contributed by atoms with Crippen LogP contribution < -0.4 is 10.6 Å². The van der Waals surface area contributed by atoms with E-state index in [0.717, 1.165) is 0 Å². The van der Waals surface area contributed by atoms with Crippen LogP contribution in [0.25, 0.3) is 0 Å². The number of hydrogen-bond donors (Lipinski definition) is 2. The summed E-state index contributed by atoms with van der Waals surface area (Å²) in [6.07, 6.45) is -6.99. The molecule has 2 N–H and O–H groups in total. The van der Waals surface area contributed by atoms with Crippen LogP contribution in [0.5, 0.6) is 0 Å². The first-order chi connectivity index (χ1) is 20.9. The van der Waals surface area contributed by atoms with Crippen molar-refractivity contribution in [3.8, 4) is 0 Å². The molecule has 33 heavy (non-hydrogen) atoms. The quantitative estimate of drug-likeness (QED) is 0.640. The summed E-state index contributed by atoms with van der Waals surface area (Å²) < 4.78 is 106. The lowest BCUT2D eigenvalue weighted by Gasteiger charge is -2.29. The summed E-state index contributed by atoms with van der Waals surface area (Å²) in [6, 6.07) is -6.71. The second kappa shape index (κ2) is 9.33. The first-order valence-electron chi connectivity index (χ1n) is 16.3. The number of carbonyl (C=O) groups is 3. The van der Waals surface area contributed by atoms with Gasteiger partial charge in [-0.15, -0.1) is 0 Å². The number of amides is 3. The molecule has 8 nitrogen and oxygen atoms in total. The molecule has 0 radical (unpaired) electrons. The average molecular weight is 461 g/mol. The van der Waals surface area contributed by atoms with E-state index in [4.69, 9.17) is 21.2 Å². The molecule has 1 atom stereocenters. The maximum absolute atomic E-state index is 13.6. The van der Waals surface area contributed by atoms with E-state index in [9.17, 15) is 14.4 Å². The van der Waals surface area contributed by atoms with E-state index in [2.05, 4.69) is 5.32 Å². The van der Waals surface area contributed by atoms with E-state index in [1.165, 1.54) is 0 Å². The molecule has 1 unspecified atom stereocenters. The summed E-state index contributed by atoms with van der Waals surface area (Å²) in [5, 5.41) is 4.35. The number of imide groups is 1. The van der Waals surface area contributed by atoms with Gasteiger partial charge >= 0.3 is 0 Å². The molecule has 3 aliphatic heterocycles. The Balaban J connectivity index is 1.52. The number of nitrogens with zero attached hydrogens (tertiary/aromatic N) is 2. The van der Waals surface area contributed by atoms with Crippen LogP contribution in [0.4, 0.5) is 5.69 Å². The van der Waals surface area contributed by atoms with E-state index in [1.54, 1.807) is 5.32 Å². The third-order valence-corrected chi connectivity index (χ3v) is 5.42. The molecule has 5 rings (SSSR count). The SMILES string of the molecule is [2H]c1c([2H])c(NCc2c([2H])c([2H])c(CN3CCOCC3)c([2H])c2[2H])c2c(c1[2H])C(=O)N(C1([2H])C(=O)NC(=O)C([2H])([2H])C1([2H])[2H])C2. The molecule has 0 aliphatic carbocycles. The lowest BCUT2D eigenvalue weighted by atomic mass is 10.0. The summed E-state index contributed by atoms with van der Waals surface area (Å²) in [5.74, 6) is -4.53. The fraction of sp³-hybridized carbons (Fsp3) is 0.400. The van der Waals surface area contributed by atoms with Crippen molar-refractivity contribution in [1.82, 2.24) is 15.1 Å². The van der Waals surface area contributed by atoms with Crippen molar-refractivity contribution >= 4 is 23.4 Å². The van der Waals surface area contributed by atoms with Crippen molar-refractivity contribution in [2.75, 3.05) is 31.6 Å². The Kier molecular flexibility index (Phi) is 3.32. The highest BCUT2D eigenvalue weighted by Crippen LogP contribution is 2.32. The van der Waals surface area contributed by atoms with Gasteiger partial charge in [0.15, 0.2) is 0 Å². The smallest absolute Gasteiger partial charge is 0.255 e. The highest BCUT2D eigenvalue weighted by atomic mass is 16.5. The highest BCUT2D eigenvalue weighted by molar-refractivity contribution is 6.06. The zero-order valence-corrected chi connectivity index (χ0v) is 17.5. The monoisotopic (exact) mass is 460 g/mol. The lowest BCUT2D eigenvalue weighted by molar-refractivity contribution is -0.136. The molecule has 2 aromatic rings. The van der Waals surface area contributed by atoms with Gasteiger partial charge in [-0.2, -0.15) is 0 Å². The van der Waals surface area contributed by atoms with Gasteiger partial charge < -0.3 is 15.0 Å². The van der Waals surface area contributed by atoms with E-state index >= 15 is 0 Å². The number of ether oxygens (including phenoxy) is 1. The van der Waals surface area contributed by atoms with Gasteiger partial charge in [-0.25, -0.2) is 0 Å². The molecule has 2 aromatic carbocycles. The molecule has 0 saturated carbocycles. The second-order valence-electron chi connectivity index (χ2n) is 7.58. The molecular weight excluding hydrogens is 420 g/mol. The van der Waals surface area contributed by atoms with E-state index in [1.807, 2.05) is 4.90 Å². The first kappa shape index (κ1) is 11.8. The third kappa shape index (κ3) is 4.62. The summed E-state index contributed by atoms with van der Waals surface area (Å²) >= 11 is 0. The Hall–Kier alpha value is -3.23. The minimum absolute atomic E-state index is 0.0989. The van der Waals surface area contributed by atoms with Gasteiger partial charge in [0.25, 0.3) is 5.91 Å². The molecule has 0 bridgehead atoms. The van der Waals surface area contributed by atoms with Crippen LogP contribution in [0.15, 0.2) is 42.3 Å². The summed E-state index contributed by atoms with van der Waals surface area (Å²) in [5.41, 5.74) is -0.927. The van der Waals surface area contributed by atoms with E-state index in [0.29, 0.717) is 31.2 Å². The molecule has 0 spiro atoms. The predicted molar refractivity (Wildman–Crippen MR) is 122 cm³/mol. The van der Waals surface area contributed by atoms with Gasteiger partial charge in [0.2, 0.25) is 11.8 Å². The number of rotatable bonds is 6. The first-order valence-corrected chi connectivity index (χ1v) is 10.3. The topological polar surface area (TPSA) is 91.0 Å². The predicted octanol–water partition coefficient (Wildman–Crippen LogP) is 1.89. The van der Waals surface area contributed by atoms with Crippen molar-refractivity contribution in [2.24, 2.45) is 0 Å². The maximum Gasteiger partial charge on any atom is 0.255 e. The van der Waals surface area contributed by atoms with E-state index in [-0.39, 0.29) is 53.1 Å². The van der Waals surface area contributed by atoms with Gasteiger partial charge in [0.05, 0.1) is 24.2 Å². The molecule has 2 fully saturated rings. The molecule has 3 heterocycles. The van der Waals surface area contributed by atoms with Crippen molar-refractivity contribution in [3.63, 3.8) is 0 Å². The van der Waals surface area contributed by atoms with Gasteiger partial charge in [-0.1, -0.05) is 30.2 Å². The Morgan fingerprint density at radius 1 is 1.12 bits per heavy atom. The minimum Gasteiger partial charge on any atom is -0.381 e. The van der Waals surface area contributed by atoms with Gasteiger partial charge in [0.1, 0.15) is 6.02 Å². The average Bonchev–Trinajstić information content (AvgIpc) is 3.34. The van der Waals surface area contributed by atoms with Gasteiger partial charge in [-0.05, 0) is 29.6 Å². The Morgan fingerprint density at radius 3 is 2.67 bits per heavy atom. The van der Waals surface area contributed by atoms with Crippen LogP contribution in [0.3, 0.4) is 0 Å². The van der Waals surface area contributed by atoms with Crippen LogP contribution in [0.2, 0.25) is 0 Å². The summed E-state index contributed by atoms with van der Waals surface area (Å²) in [7, 11) is 0. The number of fused-ring (bicyclic) bond motifs is 1. The Labute approximate surface area is 209 Å². The van der Waals surface area contributed by atoms with Crippen LogP contribution in [0.1, 0.15) is 56.2 Å². The third-order valence-electron chi connectivity index (χ3n) is 5.42. The maximum atomic E-state index is 13.6. The fourth-order valence-electron chi connectivity index (χ4n) is 3.72. The van der Waals surface area contributed by atoms with Crippen LogP contribution >= 0.6 is 0 Å². The van der Waals surface area contributed by atoms with Crippen molar-refractivity contribution in [3.05, 3.63) is 64.6 Å². The number of benzene rings is 2. The lowest BCUT2D eigenvalue weighted by Crippen LogP contribution is -2.52. The van der Waals surface area contributed by atoms with Crippen LogP contribution in [-0.4, -0.2) is 59.8 Å². The fourth-order valence-corrected chi connectivity index (χ4v) is 3.72. The Morgan fingerprint density at radius 2 is 1.88 bits per heavy atom. The molecule has 2 saturated heterocycles. The minimum atomic E-state index is -3.57. The van der Waals surface area contributed by atoms with Crippen LogP contribution in [0, 0.1) is 0 Å². The molecular formula is C25H28N4O4. The zero-order valence-electron chi connectivity index (χ0n) is 29.5. The molecule has 172 valence electrons. The van der Waals surface area contributed by atoms with Crippen molar-refractivity contribution in [1.29, 1.82) is 0 Å². The highest BCUT2D eigenvalue weighted by Gasteiger charge is 2.39. The zero-order chi connectivity index (χ0) is 33.4. The largest absolute Gasteiger partial charge is 0.381 e.